The predicted octanol–water partition coefficient (Wildman–Crippen LogP) is 3.66. The number of nitrogens with zero attached hydrogens (tertiary/aromatic N) is 2. The average Bonchev–Trinajstić information content (AvgIpc) is 2.77. The van der Waals surface area contributed by atoms with Crippen LogP contribution in [0.15, 0.2) is 35.2 Å². The summed E-state index contributed by atoms with van der Waals surface area (Å²) in [6, 6.07) is 5.05. The standard InChI is InChI=1S/C14H17BrFN3/c1-14(2,3)18-8-11-7-17-9-19(11)10-4-5-12(15)13(16)6-10/h4-7,9,18H,8H2,1-3H3. The van der Waals surface area contributed by atoms with E-state index >= 15 is 0 Å². The van der Waals surface area contributed by atoms with Crippen LogP contribution in [0.4, 0.5) is 4.39 Å². The molecule has 0 fully saturated rings. The van der Waals surface area contributed by atoms with Gasteiger partial charge in [-0.1, -0.05) is 0 Å². The molecule has 0 saturated carbocycles. The van der Waals surface area contributed by atoms with E-state index in [9.17, 15) is 4.39 Å². The zero-order valence-corrected chi connectivity index (χ0v) is 12.8. The first kappa shape index (κ1) is 14.2. The van der Waals surface area contributed by atoms with Crippen LogP contribution in [0.3, 0.4) is 0 Å². The highest BCUT2D eigenvalue weighted by Gasteiger charge is 2.12. The highest BCUT2D eigenvalue weighted by Crippen LogP contribution is 2.20. The molecule has 1 heterocycles. The highest BCUT2D eigenvalue weighted by atomic mass is 79.9. The second kappa shape index (κ2) is 5.43. The molecule has 0 aliphatic carbocycles. The fraction of sp³-hybridized carbons (Fsp3) is 0.357. The number of halogens is 2. The largest absolute Gasteiger partial charge is 0.306 e. The lowest BCUT2D eigenvalue weighted by atomic mass is 10.1. The summed E-state index contributed by atoms with van der Waals surface area (Å²) in [4.78, 5) is 4.14. The summed E-state index contributed by atoms with van der Waals surface area (Å²) in [5.41, 5.74) is 1.79. The van der Waals surface area contributed by atoms with Gasteiger partial charge >= 0.3 is 0 Å². The molecule has 0 bridgehead atoms. The fourth-order valence-corrected chi connectivity index (χ4v) is 1.92. The van der Waals surface area contributed by atoms with E-state index in [4.69, 9.17) is 0 Å². The molecule has 0 aliphatic heterocycles. The topological polar surface area (TPSA) is 29.9 Å². The van der Waals surface area contributed by atoms with Gasteiger partial charge < -0.3 is 9.88 Å². The van der Waals surface area contributed by atoms with Crippen LogP contribution in [0.25, 0.3) is 5.69 Å². The molecule has 0 amide bonds. The molecule has 0 unspecified atom stereocenters. The molecule has 2 aromatic rings. The number of rotatable bonds is 3. The minimum absolute atomic E-state index is 0.0278. The van der Waals surface area contributed by atoms with E-state index in [1.54, 1.807) is 18.6 Å². The van der Waals surface area contributed by atoms with Crippen molar-refractivity contribution < 1.29 is 4.39 Å². The number of nitrogens with one attached hydrogen (secondary N) is 1. The summed E-state index contributed by atoms with van der Waals surface area (Å²) < 4.78 is 15.9. The van der Waals surface area contributed by atoms with Crippen molar-refractivity contribution in [3.05, 3.63) is 46.7 Å². The third-order valence-corrected chi connectivity index (χ3v) is 3.34. The Hall–Kier alpha value is -1.20. The molecule has 0 aliphatic rings. The maximum atomic E-state index is 13.6. The minimum Gasteiger partial charge on any atom is -0.306 e. The third kappa shape index (κ3) is 3.64. The van der Waals surface area contributed by atoms with Gasteiger partial charge in [-0.2, -0.15) is 0 Å². The van der Waals surface area contributed by atoms with Gasteiger partial charge in [0.15, 0.2) is 0 Å². The van der Waals surface area contributed by atoms with Gasteiger partial charge in [-0.3, -0.25) is 0 Å². The molecule has 3 nitrogen and oxygen atoms in total. The number of hydrogen-bond donors (Lipinski definition) is 1. The molecular weight excluding hydrogens is 309 g/mol. The van der Waals surface area contributed by atoms with E-state index in [0.717, 1.165) is 11.4 Å². The molecule has 19 heavy (non-hydrogen) atoms. The molecule has 0 radical (unpaired) electrons. The zero-order valence-electron chi connectivity index (χ0n) is 11.2. The van der Waals surface area contributed by atoms with Gasteiger partial charge in [0.25, 0.3) is 0 Å². The number of imidazole rings is 1. The third-order valence-electron chi connectivity index (χ3n) is 2.70. The van der Waals surface area contributed by atoms with Crippen LogP contribution in [0.5, 0.6) is 0 Å². The first-order valence-corrected chi connectivity index (χ1v) is 6.88. The lowest BCUT2D eigenvalue weighted by molar-refractivity contribution is 0.419. The van der Waals surface area contributed by atoms with Gasteiger partial charge in [0, 0.05) is 24.0 Å². The Kier molecular flexibility index (Phi) is 4.06. The van der Waals surface area contributed by atoms with Crippen LogP contribution in [0.1, 0.15) is 26.5 Å². The Morgan fingerprint density at radius 3 is 2.74 bits per heavy atom. The molecule has 2 rings (SSSR count). The molecular formula is C14H17BrFN3. The molecule has 1 N–H and O–H groups in total. The average molecular weight is 326 g/mol. The lowest BCUT2D eigenvalue weighted by Crippen LogP contribution is -2.35. The van der Waals surface area contributed by atoms with Crippen molar-refractivity contribution in [2.45, 2.75) is 32.9 Å². The van der Waals surface area contributed by atoms with E-state index in [1.165, 1.54) is 6.07 Å². The maximum Gasteiger partial charge on any atom is 0.139 e. The van der Waals surface area contributed by atoms with Crippen LogP contribution in [-0.4, -0.2) is 15.1 Å². The minimum atomic E-state index is -0.277. The van der Waals surface area contributed by atoms with Crippen LogP contribution >= 0.6 is 15.9 Å². The number of hydrogen-bond acceptors (Lipinski definition) is 2. The Morgan fingerprint density at radius 2 is 2.11 bits per heavy atom. The predicted molar refractivity (Wildman–Crippen MR) is 77.8 cm³/mol. The Bertz CT molecular complexity index is 572. The summed E-state index contributed by atoms with van der Waals surface area (Å²) in [5, 5.41) is 3.40. The van der Waals surface area contributed by atoms with Crippen molar-refractivity contribution in [2.24, 2.45) is 0 Å². The molecule has 0 saturated heterocycles. The van der Waals surface area contributed by atoms with Crippen LogP contribution in [-0.2, 0) is 6.54 Å². The molecule has 1 aromatic carbocycles. The normalized spacial score (nSPS) is 11.8. The molecule has 0 spiro atoms. The molecule has 5 heteroatoms. The number of aromatic nitrogens is 2. The van der Waals surface area contributed by atoms with Crippen molar-refractivity contribution in [3.63, 3.8) is 0 Å². The second-order valence-corrected chi connectivity index (χ2v) is 6.31. The van der Waals surface area contributed by atoms with Crippen LogP contribution < -0.4 is 5.32 Å². The van der Waals surface area contributed by atoms with Crippen molar-refractivity contribution in [1.29, 1.82) is 0 Å². The Labute approximate surface area is 121 Å². The lowest BCUT2D eigenvalue weighted by Gasteiger charge is -2.21. The van der Waals surface area contributed by atoms with Crippen LogP contribution in [0.2, 0.25) is 0 Å². The fourth-order valence-electron chi connectivity index (χ4n) is 1.68. The van der Waals surface area contributed by atoms with Gasteiger partial charge in [0.05, 0.1) is 16.5 Å². The van der Waals surface area contributed by atoms with Crippen molar-refractivity contribution >= 4 is 15.9 Å². The van der Waals surface area contributed by atoms with Gasteiger partial charge in [-0.05, 0) is 54.9 Å². The Balaban J connectivity index is 2.26. The SMILES string of the molecule is CC(C)(C)NCc1cncn1-c1ccc(Br)c(F)c1. The molecule has 1 aromatic heterocycles. The summed E-state index contributed by atoms with van der Waals surface area (Å²) in [6.07, 6.45) is 3.49. The van der Waals surface area contributed by atoms with E-state index in [0.29, 0.717) is 11.0 Å². The van der Waals surface area contributed by atoms with Gasteiger partial charge in [0.2, 0.25) is 0 Å². The monoisotopic (exact) mass is 325 g/mol. The van der Waals surface area contributed by atoms with E-state index in [-0.39, 0.29) is 11.4 Å². The maximum absolute atomic E-state index is 13.6. The highest BCUT2D eigenvalue weighted by molar-refractivity contribution is 9.10. The first-order chi connectivity index (χ1) is 8.87. The van der Waals surface area contributed by atoms with Crippen molar-refractivity contribution in [2.75, 3.05) is 0 Å². The van der Waals surface area contributed by atoms with Crippen molar-refractivity contribution in [3.8, 4) is 5.69 Å². The Morgan fingerprint density at radius 1 is 1.37 bits per heavy atom. The summed E-state index contributed by atoms with van der Waals surface area (Å²) >= 11 is 3.16. The smallest absolute Gasteiger partial charge is 0.139 e. The van der Waals surface area contributed by atoms with Crippen LogP contribution in [0, 0.1) is 5.82 Å². The first-order valence-electron chi connectivity index (χ1n) is 6.08. The second-order valence-electron chi connectivity index (χ2n) is 5.46. The van der Waals surface area contributed by atoms with E-state index in [2.05, 4.69) is 47.0 Å². The van der Waals surface area contributed by atoms with Crippen molar-refractivity contribution in [1.82, 2.24) is 14.9 Å². The molecule has 102 valence electrons. The van der Waals surface area contributed by atoms with Gasteiger partial charge in [-0.15, -0.1) is 0 Å². The van der Waals surface area contributed by atoms with E-state index < -0.39 is 0 Å². The van der Waals surface area contributed by atoms with Gasteiger partial charge in [0.1, 0.15) is 5.82 Å². The molecule has 0 atom stereocenters. The number of benzene rings is 1. The zero-order chi connectivity index (χ0) is 14.0. The summed E-state index contributed by atoms with van der Waals surface area (Å²) in [5.74, 6) is -0.277. The quantitative estimate of drug-likeness (QED) is 0.933. The summed E-state index contributed by atoms with van der Waals surface area (Å²) in [6.45, 7) is 6.99. The summed E-state index contributed by atoms with van der Waals surface area (Å²) in [7, 11) is 0. The van der Waals surface area contributed by atoms with E-state index in [1.807, 2.05) is 10.6 Å². The van der Waals surface area contributed by atoms with Gasteiger partial charge in [-0.25, -0.2) is 9.37 Å².